The topological polar surface area (TPSA) is 103 Å². The summed E-state index contributed by atoms with van der Waals surface area (Å²) in [5.74, 6) is -2.60. The molecule has 3 aliphatic heterocycles. The molecule has 0 saturated carbocycles. The lowest BCUT2D eigenvalue weighted by molar-refractivity contribution is -0.738. The Balaban J connectivity index is 1.94. The van der Waals surface area contributed by atoms with Crippen molar-refractivity contribution in [3.63, 3.8) is 0 Å². The highest BCUT2D eigenvalue weighted by molar-refractivity contribution is 6.31. The minimum atomic E-state index is -1.30. The third-order valence-electron chi connectivity index (χ3n) is 6.69. The number of carbonyl (C=O) groups excluding carboxylic acids is 3. The monoisotopic (exact) mass is 406 g/mol. The first-order chi connectivity index (χ1) is 13.1. The van der Waals surface area contributed by atoms with E-state index in [1.807, 2.05) is 20.8 Å². The Morgan fingerprint density at radius 2 is 1.96 bits per heavy atom. The number of carbonyl (C=O) groups is 3. The molecule has 1 spiro atoms. The normalized spacial score (nSPS) is 33.3. The molecule has 0 unspecified atom stereocenters. The lowest BCUT2D eigenvalue weighted by Gasteiger charge is -2.29. The van der Waals surface area contributed by atoms with E-state index in [0.717, 1.165) is 5.56 Å². The van der Waals surface area contributed by atoms with E-state index in [2.05, 4.69) is 5.32 Å². The number of anilines is 1. The molecule has 3 heterocycles. The fourth-order valence-electron chi connectivity index (χ4n) is 5.20. The number of aliphatic hydroxyl groups excluding tert-OH is 1. The van der Waals surface area contributed by atoms with Crippen molar-refractivity contribution < 1.29 is 24.8 Å². The number of hydrogen-bond acceptors (Lipinski definition) is 4. The third kappa shape index (κ3) is 2.27. The second-order valence-electron chi connectivity index (χ2n) is 8.26. The summed E-state index contributed by atoms with van der Waals surface area (Å²) in [5.41, 5.74) is 0.756. The number of nitrogens with zero attached hydrogens (tertiary/aromatic N) is 1. The maximum absolute atomic E-state index is 13.4. The van der Waals surface area contributed by atoms with Crippen molar-refractivity contribution in [3.8, 4) is 0 Å². The summed E-state index contributed by atoms with van der Waals surface area (Å²) in [6, 6.07) is 2.60. The lowest BCUT2D eigenvalue weighted by Crippen LogP contribution is -3.00. The largest absolute Gasteiger partial charge is 0.387 e. The Morgan fingerprint density at radius 1 is 1.29 bits per heavy atom. The van der Waals surface area contributed by atoms with E-state index < -0.39 is 29.5 Å². The van der Waals surface area contributed by atoms with E-state index in [0.29, 0.717) is 22.7 Å². The second-order valence-corrected chi connectivity index (χ2v) is 8.70. The zero-order chi connectivity index (χ0) is 20.5. The van der Waals surface area contributed by atoms with E-state index in [-0.39, 0.29) is 23.8 Å². The Hall–Kier alpha value is -1.96. The van der Waals surface area contributed by atoms with Crippen LogP contribution in [0.3, 0.4) is 0 Å². The van der Waals surface area contributed by atoms with Crippen LogP contribution in [0.15, 0.2) is 12.1 Å². The molecule has 1 aromatic carbocycles. The van der Waals surface area contributed by atoms with Crippen LogP contribution >= 0.6 is 11.6 Å². The van der Waals surface area contributed by atoms with Crippen molar-refractivity contribution in [2.75, 3.05) is 5.32 Å². The van der Waals surface area contributed by atoms with Crippen molar-refractivity contribution in [2.24, 2.45) is 11.8 Å². The van der Waals surface area contributed by atoms with Gasteiger partial charge in [-0.15, -0.1) is 0 Å². The van der Waals surface area contributed by atoms with Gasteiger partial charge in [0.25, 0.3) is 5.91 Å². The van der Waals surface area contributed by atoms with Gasteiger partial charge in [-0.3, -0.25) is 19.3 Å². The van der Waals surface area contributed by atoms with E-state index in [9.17, 15) is 19.5 Å². The number of likely N-dealkylation sites (tertiary alicyclic amines) is 1. The molecule has 4 rings (SSSR count). The molecule has 28 heavy (non-hydrogen) atoms. The van der Waals surface area contributed by atoms with Gasteiger partial charge in [-0.05, 0) is 44.9 Å². The van der Waals surface area contributed by atoms with Crippen LogP contribution in [0.4, 0.5) is 5.69 Å². The molecule has 150 valence electrons. The quantitative estimate of drug-likeness (QED) is 0.637. The lowest BCUT2D eigenvalue weighted by atomic mass is 9.76. The molecule has 7 nitrogen and oxygen atoms in total. The Kier molecular flexibility index (Phi) is 4.34. The van der Waals surface area contributed by atoms with Gasteiger partial charge in [0.05, 0.1) is 5.69 Å². The molecule has 8 heteroatoms. The first-order valence-electron chi connectivity index (χ1n) is 9.68. The Morgan fingerprint density at radius 3 is 2.57 bits per heavy atom. The number of nitrogens with two attached hydrogens (primary N) is 1. The number of imide groups is 1. The van der Waals surface area contributed by atoms with Gasteiger partial charge in [-0.1, -0.05) is 18.5 Å². The zero-order valence-corrected chi connectivity index (χ0v) is 17.1. The number of quaternary nitrogens is 1. The van der Waals surface area contributed by atoms with Crippen LogP contribution in [-0.2, 0) is 19.9 Å². The van der Waals surface area contributed by atoms with Gasteiger partial charge in [0.1, 0.15) is 24.0 Å². The second kappa shape index (κ2) is 6.27. The van der Waals surface area contributed by atoms with Crippen LogP contribution in [0.2, 0.25) is 5.02 Å². The molecule has 3 amide bonds. The van der Waals surface area contributed by atoms with E-state index >= 15 is 0 Å². The van der Waals surface area contributed by atoms with E-state index in [4.69, 9.17) is 11.6 Å². The number of aliphatic hydroxyl groups is 1. The van der Waals surface area contributed by atoms with Crippen molar-refractivity contribution in [1.29, 1.82) is 0 Å². The molecule has 0 aliphatic carbocycles. The summed E-state index contributed by atoms with van der Waals surface area (Å²) in [6.45, 7) is 7.18. The smallest absolute Gasteiger partial charge is 0.291 e. The maximum atomic E-state index is 13.4. The average Bonchev–Trinajstić information content (AvgIpc) is 3.21. The highest BCUT2D eigenvalue weighted by atomic mass is 35.5. The predicted octanol–water partition coefficient (Wildman–Crippen LogP) is 0.522. The van der Waals surface area contributed by atoms with Gasteiger partial charge in [0, 0.05) is 16.6 Å². The van der Waals surface area contributed by atoms with Crippen LogP contribution in [0, 0.1) is 18.8 Å². The minimum Gasteiger partial charge on any atom is -0.387 e. The molecular formula is C20H25ClN3O4+. The van der Waals surface area contributed by atoms with Crippen molar-refractivity contribution in [2.45, 2.75) is 57.8 Å². The van der Waals surface area contributed by atoms with Gasteiger partial charge in [-0.2, -0.15) is 0 Å². The fourth-order valence-corrected chi connectivity index (χ4v) is 5.47. The number of rotatable bonds is 3. The zero-order valence-electron chi connectivity index (χ0n) is 16.3. The summed E-state index contributed by atoms with van der Waals surface area (Å²) < 4.78 is 0. The number of aryl methyl sites for hydroxylation is 1. The molecular weight excluding hydrogens is 382 g/mol. The maximum Gasteiger partial charge on any atom is 0.291 e. The van der Waals surface area contributed by atoms with E-state index in [1.54, 1.807) is 24.4 Å². The summed E-state index contributed by atoms with van der Waals surface area (Å²) in [7, 11) is 0. The third-order valence-corrected chi connectivity index (χ3v) is 6.91. The summed E-state index contributed by atoms with van der Waals surface area (Å²) in [5, 5.41) is 15.5. The van der Waals surface area contributed by atoms with Crippen LogP contribution in [0.25, 0.3) is 0 Å². The molecule has 2 saturated heterocycles. The van der Waals surface area contributed by atoms with Crippen LogP contribution in [0.1, 0.15) is 38.3 Å². The van der Waals surface area contributed by atoms with Crippen LogP contribution in [-0.4, -0.2) is 45.9 Å². The van der Waals surface area contributed by atoms with Gasteiger partial charge in [0.2, 0.25) is 17.4 Å². The molecule has 2 fully saturated rings. The van der Waals surface area contributed by atoms with Gasteiger partial charge < -0.3 is 15.7 Å². The standard InChI is InChI=1S/C20H24ClN3O4/c1-5-9(3)24-17(26)13-14(18(24)27)20(23-16(13)10(4)25)12-7-11(21)6-8(2)15(12)22-19(20)28/h6-7,9-10,13-14,16,23,25H,5H2,1-4H3,(H,22,28)/p+1/t9-,10+,13-,14-,16-,20-/m0/s1. The van der Waals surface area contributed by atoms with Gasteiger partial charge in [-0.25, -0.2) is 0 Å². The van der Waals surface area contributed by atoms with Crippen molar-refractivity contribution in [3.05, 3.63) is 28.3 Å². The Labute approximate surface area is 168 Å². The van der Waals surface area contributed by atoms with Crippen LogP contribution < -0.4 is 10.6 Å². The van der Waals surface area contributed by atoms with Crippen molar-refractivity contribution in [1.82, 2.24) is 4.90 Å². The highest BCUT2D eigenvalue weighted by Gasteiger charge is 2.75. The molecule has 0 aromatic heterocycles. The average molecular weight is 407 g/mol. The fraction of sp³-hybridized carbons (Fsp3) is 0.550. The summed E-state index contributed by atoms with van der Waals surface area (Å²) in [6.07, 6.45) is -0.238. The summed E-state index contributed by atoms with van der Waals surface area (Å²) in [4.78, 5) is 41.2. The van der Waals surface area contributed by atoms with Crippen LogP contribution in [0.5, 0.6) is 0 Å². The molecule has 1 aromatic rings. The highest BCUT2D eigenvalue weighted by Crippen LogP contribution is 2.51. The first kappa shape index (κ1) is 19.4. The van der Waals surface area contributed by atoms with Crippen molar-refractivity contribution >= 4 is 35.0 Å². The molecule has 0 radical (unpaired) electrons. The number of fused-ring (bicyclic) bond motifs is 4. The molecule has 0 bridgehead atoms. The molecule has 6 atom stereocenters. The summed E-state index contributed by atoms with van der Waals surface area (Å²) >= 11 is 6.28. The Bertz CT molecular complexity index is 902. The molecule has 3 aliphatic rings. The molecule has 4 N–H and O–H groups in total. The SMILES string of the molecule is CC[C@H](C)N1C(=O)[C@@H]2[C@H]([C@@H](C)O)[NH2+][C@]3(C(=O)Nc4c(C)cc(Cl)cc43)[C@@H]2C1=O. The number of nitrogens with one attached hydrogen (secondary N) is 1. The van der Waals surface area contributed by atoms with Gasteiger partial charge >= 0.3 is 0 Å². The number of halogens is 1. The minimum absolute atomic E-state index is 0.262. The van der Waals surface area contributed by atoms with Gasteiger partial charge in [0.15, 0.2) is 0 Å². The predicted molar refractivity (Wildman–Crippen MR) is 102 cm³/mol. The van der Waals surface area contributed by atoms with E-state index in [1.165, 1.54) is 4.90 Å². The first-order valence-corrected chi connectivity index (χ1v) is 10.1. The number of benzene rings is 1. The number of amides is 3. The number of hydrogen-bond donors (Lipinski definition) is 3.